The molecular formula is C18H22F2N2. The number of nitrogens with two attached hydrogens (primary N) is 1. The Morgan fingerprint density at radius 2 is 1.64 bits per heavy atom. The summed E-state index contributed by atoms with van der Waals surface area (Å²) in [6.07, 6.45) is 0.711. The molecule has 0 fully saturated rings. The first-order chi connectivity index (χ1) is 10.3. The fourth-order valence-corrected chi connectivity index (χ4v) is 2.82. The SMILES string of the molecule is CNC(CC(C)(C)c1cc(F)ccc1N)c1ccc(F)cc1. The molecule has 2 rings (SSSR count). The van der Waals surface area contributed by atoms with Gasteiger partial charge in [-0.25, -0.2) is 8.78 Å². The van der Waals surface area contributed by atoms with Gasteiger partial charge in [0.15, 0.2) is 0 Å². The van der Waals surface area contributed by atoms with Gasteiger partial charge < -0.3 is 11.1 Å². The van der Waals surface area contributed by atoms with Crippen molar-refractivity contribution >= 4 is 5.69 Å². The second-order valence-electron chi connectivity index (χ2n) is 6.21. The first-order valence-electron chi connectivity index (χ1n) is 7.32. The van der Waals surface area contributed by atoms with E-state index in [9.17, 15) is 8.78 Å². The lowest BCUT2D eigenvalue weighted by Gasteiger charge is -2.31. The van der Waals surface area contributed by atoms with Gasteiger partial charge in [0.05, 0.1) is 0 Å². The Morgan fingerprint density at radius 1 is 1.05 bits per heavy atom. The predicted octanol–water partition coefficient (Wildman–Crippen LogP) is 4.18. The van der Waals surface area contributed by atoms with E-state index < -0.39 is 0 Å². The van der Waals surface area contributed by atoms with Crippen molar-refractivity contribution in [2.24, 2.45) is 0 Å². The van der Waals surface area contributed by atoms with Crippen LogP contribution in [0.25, 0.3) is 0 Å². The molecule has 2 aromatic rings. The molecule has 0 heterocycles. The van der Waals surface area contributed by atoms with E-state index in [-0.39, 0.29) is 23.1 Å². The van der Waals surface area contributed by atoms with Gasteiger partial charge in [0.2, 0.25) is 0 Å². The number of halogens is 2. The van der Waals surface area contributed by atoms with Crippen LogP contribution in [0.1, 0.15) is 37.4 Å². The van der Waals surface area contributed by atoms with Gasteiger partial charge in [-0.2, -0.15) is 0 Å². The first kappa shape index (κ1) is 16.4. The molecule has 0 bridgehead atoms. The van der Waals surface area contributed by atoms with Crippen molar-refractivity contribution in [3.8, 4) is 0 Å². The molecular weight excluding hydrogens is 282 g/mol. The third-order valence-corrected chi connectivity index (χ3v) is 4.08. The van der Waals surface area contributed by atoms with Gasteiger partial charge in [-0.05, 0) is 60.3 Å². The van der Waals surface area contributed by atoms with Crippen molar-refractivity contribution in [3.63, 3.8) is 0 Å². The predicted molar refractivity (Wildman–Crippen MR) is 86.7 cm³/mol. The Hall–Kier alpha value is -1.94. The molecule has 2 nitrogen and oxygen atoms in total. The topological polar surface area (TPSA) is 38.0 Å². The van der Waals surface area contributed by atoms with Crippen molar-refractivity contribution in [2.75, 3.05) is 12.8 Å². The lowest BCUT2D eigenvalue weighted by molar-refractivity contribution is 0.394. The van der Waals surface area contributed by atoms with Crippen molar-refractivity contribution in [1.82, 2.24) is 5.32 Å². The monoisotopic (exact) mass is 304 g/mol. The highest BCUT2D eigenvalue weighted by Gasteiger charge is 2.27. The maximum absolute atomic E-state index is 13.6. The zero-order valence-corrected chi connectivity index (χ0v) is 13.2. The van der Waals surface area contributed by atoms with E-state index in [4.69, 9.17) is 5.73 Å². The highest BCUT2D eigenvalue weighted by Crippen LogP contribution is 2.36. The number of rotatable bonds is 5. The molecule has 2 aromatic carbocycles. The van der Waals surface area contributed by atoms with E-state index >= 15 is 0 Å². The minimum atomic E-state index is -0.325. The Kier molecular flexibility index (Phi) is 4.81. The average molecular weight is 304 g/mol. The standard InChI is InChI=1S/C18H22F2N2/c1-18(2,15-10-14(20)8-9-16(15)21)11-17(22-3)12-4-6-13(19)7-5-12/h4-10,17,22H,11,21H2,1-3H3. The summed E-state index contributed by atoms with van der Waals surface area (Å²) in [4.78, 5) is 0. The second-order valence-corrected chi connectivity index (χ2v) is 6.21. The second kappa shape index (κ2) is 6.44. The first-order valence-corrected chi connectivity index (χ1v) is 7.32. The molecule has 0 spiro atoms. The molecule has 4 heteroatoms. The molecule has 0 saturated carbocycles. The van der Waals surface area contributed by atoms with Crippen LogP contribution in [0.15, 0.2) is 42.5 Å². The molecule has 1 atom stereocenters. The molecule has 0 saturated heterocycles. The normalized spacial score (nSPS) is 13.1. The Balaban J connectivity index is 2.29. The van der Waals surface area contributed by atoms with Crippen LogP contribution in [0.2, 0.25) is 0 Å². The lowest BCUT2D eigenvalue weighted by atomic mass is 9.77. The van der Waals surface area contributed by atoms with E-state index in [0.717, 1.165) is 11.1 Å². The summed E-state index contributed by atoms with van der Waals surface area (Å²) in [7, 11) is 1.86. The Labute approximate surface area is 130 Å². The molecule has 0 aliphatic heterocycles. The molecule has 3 N–H and O–H groups in total. The number of nitrogens with one attached hydrogen (secondary N) is 1. The lowest BCUT2D eigenvalue weighted by Crippen LogP contribution is -2.28. The Morgan fingerprint density at radius 3 is 2.23 bits per heavy atom. The van der Waals surface area contributed by atoms with Crippen molar-refractivity contribution in [1.29, 1.82) is 0 Å². The maximum Gasteiger partial charge on any atom is 0.123 e. The van der Waals surface area contributed by atoms with Crippen molar-refractivity contribution in [3.05, 3.63) is 65.2 Å². The number of hydrogen-bond acceptors (Lipinski definition) is 2. The van der Waals surface area contributed by atoms with Gasteiger partial charge in [0.1, 0.15) is 11.6 Å². The zero-order chi connectivity index (χ0) is 16.3. The van der Waals surface area contributed by atoms with Gasteiger partial charge in [0, 0.05) is 11.7 Å². The van der Waals surface area contributed by atoms with Gasteiger partial charge in [-0.1, -0.05) is 26.0 Å². The third kappa shape index (κ3) is 3.63. The van der Waals surface area contributed by atoms with Crippen LogP contribution in [0.5, 0.6) is 0 Å². The smallest absolute Gasteiger partial charge is 0.123 e. The van der Waals surface area contributed by atoms with Crippen LogP contribution >= 0.6 is 0 Å². The number of hydrogen-bond donors (Lipinski definition) is 2. The van der Waals surface area contributed by atoms with Crippen LogP contribution in [-0.2, 0) is 5.41 Å². The maximum atomic E-state index is 13.6. The fraction of sp³-hybridized carbons (Fsp3) is 0.333. The minimum Gasteiger partial charge on any atom is -0.398 e. The molecule has 118 valence electrons. The summed E-state index contributed by atoms with van der Waals surface area (Å²) in [5.74, 6) is -0.549. The molecule has 0 aliphatic rings. The summed E-state index contributed by atoms with van der Waals surface area (Å²) < 4.78 is 26.6. The summed E-state index contributed by atoms with van der Waals surface area (Å²) in [6.45, 7) is 4.07. The van der Waals surface area contributed by atoms with Gasteiger partial charge in [-0.3, -0.25) is 0 Å². The third-order valence-electron chi connectivity index (χ3n) is 4.08. The summed E-state index contributed by atoms with van der Waals surface area (Å²) >= 11 is 0. The van der Waals surface area contributed by atoms with Crippen molar-refractivity contribution < 1.29 is 8.78 Å². The van der Waals surface area contributed by atoms with Gasteiger partial charge in [-0.15, -0.1) is 0 Å². The molecule has 0 amide bonds. The van der Waals surface area contributed by atoms with Crippen LogP contribution in [0.4, 0.5) is 14.5 Å². The van der Waals surface area contributed by atoms with E-state index in [1.807, 2.05) is 20.9 Å². The van der Waals surface area contributed by atoms with E-state index in [1.54, 1.807) is 18.2 Å². The summed E-state index contributed by atoms with van der Waals surface area (Å²) in [5.41, 5.74) is 8.05. The van der Waals surface area contributed by atoms with E-state index in [1.165, 1.54) is 24.3 Å². The van der Waals surface area contributed by atoms with Crippen LogP contribution < -0.4 is 11.1 Å². The van der Waals surface area contributed by atoms with Crippen LogP contribution in [0.3, 0.4) is 0 Å². The van der Waals surface area contributed by atoms with Gasteiger partial charge >= 0.3 is 0 Å². The summed E-state index contributed by atoms with van der Waals surface area (Å²) in [5, 5.41) is 3.24. The molecule has 1 unspecified atom stereocenters. The quantitative estimate of drug-likeness (QED) is 0.813. The summed E-state index contributed by atoms with van der Waals surface area (Å²) in [6, 6.07) is 10.9. The Bertz CT molecular complexity index is 636. The van der Waals surface area contributed by atoms with E-state index in [0.29, 0.717) is 12.1 Å². The number of benzene rings is 2. The highest BCUT2D eigenvalue weighted by molar-refractivity contribution is 5.50. The van der Waals surface area contributed by atoms with Crippen LogP contribution in [0, 0.1) is 11.6 Å². The zero-order valence-electron chi connectivity index (χ0n) is 13.2. The largest absolute Gasteiger partial charge is 0.398 e. The van der Waals surface area contributed by atoms with Gasteiger partial charge in [0.25, 0.3) is 0 Å². The minimum absolute atomic E-state index is 0.0262. The highest BCUT2D eigenvalue weighted by atomic mass is 19.1. The molecule has 0 aliphatic carbocycles. The average Bonchev–Trinajstić information content (AvgIpc) is 2.48. The molecule has 0 aromatic heterocycles. The van der Waals surface area contributed by atoms with Crippen molar-refractivity contribution in [2.45, 2.75) is 31.7 Å². The number of nitrogen functional groups attached to an aromatic ring is 1. The molecule has 0 radical (unpaired) electrons. The molecule has 22 heavy (non-hydrogen) atoms. The number of anilines is 1. The van der Waals surface area contributed by atoms with Crippen LogP contribution in [-0.4, -0.2) is 7.05 Å². The fourth-order valence-electron chi connectivity index (χ4n) is 2.82. The van der Waals surface area contributed by atoms with E-state index in [2.05, 4.69) is 5.32 Å².